The van der Waals surface area contributed by atoms with Crippen molar-refractivity contribution < 1.29 is 14.3 Å². The van der Waals surface area contributed by atoms with Crippen molar-refractivity contribution in [1.29, 1.82) is 0 Å². The fourth-order valence-electron chi connectivity index (χ4n) is 2.96. The maximum atomic E-state index is 12.2. The third kappa shape index (κ3) is 3.24. The van der Waals surface area contributed by atoms with Crippen molar-refractivity contribution in [3.8, 4) is 17.2 Å². The summed E-state index contributed by atoms with van der Waals surface area (Å²) in [5.41, 5.74) is 2.01. The van der Waals surface area contributed by atoms with Gasteiger partial charge in [0.25, 0.3) is 0 Å². The van der Waals surface area contributed by atoms with Crippen molar-refractivity contribution >= 4 is 5.97 Å². The average Bonchev–Trinajstić information content (AvgIpc) is 2.87. The number of rotatable bonds is 6. The molecule has 23 heavy (non-hydrogen) atoms. The van der Waals surface area contributed by atoms with E-state index in [1.807, 2.05) is 49.4 Å². The van der Waals surface area contributed by atoms with Crippen LogP contribution in [0, 0.1) is 6.92 Å². The van der Waals surface area contributed by atoms with E-state index in [-0.39, 0.29) is 11.9 Å². The molecule has 0 radical (unpaired) electrons. The summed E-state index contributed by atoms with van der Waals surface area (Å²) < 4.78 is 11.5. The van der Waals surface area contributed by atoms with Crippen molar-refractivity contribution in [2.24, 2.45) is 0 Å². The number of unbranched alkanes of at least 4 members (excludes halogenated alkanes) is 2. The van der Waals surface area contributed by atoms with Gasteiger partial charge in [-0.2, -0.15) is 0 Å². The van der Waals surface area contributed by atoms with Gasteiger partial charge in [-0.05, 0) is 31.0 Å². The lowest BCUT2D eigenvalue weighted by Gasteiger charge is -2.11. The van der Waals surface area contributed by atoms with Crippen LogP contribution in [0.3, 0.4) is 0 Å². The van der Waals surface area contributed by atoms with Crippen LogP contribution in [0.4, 0.5) is 0 Å². The number of ether oxygens (including phenoxy) is 2. The largest absolute Gasteiger partial charge is 0.453 e. The molecule has 3 rings (SSSR count). The van der Waals surface area contributed by atoms with E-state index >= 15 is 0 Å². The molecule has 3 heteroatoms. The zero-order valence-electron chi connectivity index (χ0n) is 13.7. The maximum Gasteiger partial charge on any atom is 0.319 e. The number of aryl methyl sites for hydroxylation is 1. The zero-order chi connectivity index (χ0) is 16.2. The van der Waals surface area contributed by atoms with Gasteiger partial charge in [0.15, 0.2) is 11.5 Å². The van der Waals surface area contributed by atoms with E-state index in [4.69, 9.17) is 9.47 Å². The van der Waals surface area contributed by atoms with Gasteiger partial charge >= 0.3 is 5.97 Å². The van der Waals surface area contributed by atoms with E-state index in [1.54, 1.807) is 0 Å². The number of para-hydroxylation sites is 2. The molecule has 0 bridgehead atoms. The number of esters is 1. The van der Waals surface area contributed by atoms with Crippen LogP contribution in [0.1, 0.15) is 49.7 Å². The van der Waals surface area contributed by atoms with E-state index in [1.165, 1.54) is 0 Å². The van der Waals surface area contributed by atoms with Gasteiger partial charge in [0.1, 0.15) is 5.75 Å². The Labute approximate surface area is 137 Å². The Hall–Kier alpha value is -2.29. The lowest BCUT2D eigenvalue weighted by Crippen LogP contribution is -2.10. The van der Waals surface area contributed by atoms with E-state index < -0.39 is 0 Å². The SMILES string of the molecule is CCCCCC1C(=O)Oc2c(Oc3ccccc3C)cccc21. The Bertz CT molecular complexity index is 706. The highest BCUT2D eigenvalue weighted by Gasteiger charge is 2.34. The van der Waals surface area contributed by atoms with Gasteiger partial charge < -0.3 is 9.47 Å². The maximum absolute atomic E-state index is 12.2. The minimum Gasteiger partial charge on any atom is -0.453 e. The molecule has 1 aliphatic heterocycles. The second-order valence-corrected chi connectivity index (χ2v) is 6.01. The molecule has 120 valence electrons. The number of fused-ring (bicyclic) bond motifs is 1. The molecule has 0 N–H and O–H groups in total. The van der Waals surface area contributed by atoms with Crippen LogP contribution in [-0.2, 0) is 4.79 Å². The lowest BCUT2D eigenvalue weighted by molar-refractivity contribution is -0.134. The van der Waals surface area contributed by atoms with Crippen LogP contribution in [0.5, 0.6) is 17.2 Å². The summed E-state index contributed by atoms with van der Waals surface area (Å²) >= 11 is 0. The molecule has 0 aliphatic carbocycles. The predicted octanol–water partition coefficient (Wildman–Crippen LogP) is 5.37. The van der Waals surface area contributed by atoms with Crippen molar-refractivity contribution in [2.45, 2.75) is 45.4 Å². The molecule has 0 spiro atoms. The third-order valence-corrected chi connectivity index (χ3v) is 4.28. The highest BCUT2D eigenvalue weighted by molar-refractivity contribution is 5.87. The normalized spacial score (nSPS) is 16.1. The molecule has 0 saturated heterocycles. The fraction of sp³-hybridized carbons (Fsp3) is 0.350. The Balaban J connectivity index is 1.85. The summed E-state index contributed by atoms with van der Waals surface area (Å²) in [6.45, 7) is 4.16. The Morgan fingerprint density at radius 1 is 1.04 bits per heavy atom. The first kappa shape index (κ1) is 15.6. The van der Waals surface area contributed by atoms with Crippen molar-refractivity contribution in [1.82, 2.24) is 0 Å². The van der Waals surface area contributed by atoms with Gasteiger partial charge in [-0.25, -0.2) is 0 Å². The molecule has 1 atom stereocenters. The van der Waals surface area contributed by atoms with Gasteiger partial charge in [0.2, 0.25) is 0 Å². The molecular weight excluding hydrogens is 288 g/mol. The van der Waals surface area contributed by atoms with Crippen LogP contribution in [0.15, 0.2) is 42.5 Å². The quantitative estimate of drug-likeness (QED) is 0.409. The van der Waals surface area contributed by atoms with Crippen LogP contribution in [0.25, 0.3) is 0 Å². The van der Waals surface area contributed by atoms with Crippen molar-refractivity contribution in [3.05, 3.63) is 53.6 Å². The summed E-state index contributed by atoms with van der Waals surface area (Å²) in [4.78, 5) is 12.2. The summed E-state index contributed by atoms with van der Waals surface area (Å²) in [5, 5.41) is 0. The van der Waals surface area contributed by atoms with Crippen LogP contribution < -0.4 is 9.47 Å². The van der Waals surface area contributed by atoms with Gasteiger partial charge in [0.05, 0.1) is 5.92 Å². The lowest BCUT2D eigenvalue weighted by atomic mass is 9.94. The summed E-state index contributed by atoms with van der Waals surface area (Å²) in [7, 11) is 0. The van der Waals surface area contributed by atoms with E-state index in [0.717, 1.165) is 42.6 Å². The van der Waals surface area contributed by atoms with E-state index in [9.17, 15) is 4.79 Å². The van der Waals surface area contributed by atoms with Crippen LogP contribution in [-0.4, -0.2) is 5.97 Å². The number of hydrogen-bond donors (Lipinski definition) is 0. The van der Waals surface area contributed by atoms with Gasteiger partial charge in [-0.1, -0.05) is 56.5 Å². The first-order valence-corrected chi connectivity index (χ1v) is 8.28. The minimum atomic E-state index is -0.156. The molecule has 1 aliphatic rings. The van der Waals surface area contributed by atoms with Crippen molar-refractivity contribution in [2.75, 3.05) is 0 Å². The molecule has 1 heterocycles. The molecule has 1 unspecified atom stereocenters. The Morgan fingerprint density at radius 3 is 2.61 bits per heavy atom. The molecule has 2 aromatic rings. The Kier molecular flexibility index (Phi) is 4.65. The van der Waals surface area contributed by atoms with Crippen molar-refractivity contribution in [3.63, 3.8) is 0 Å². The predicted molar refractivity (Wildman–Crippen MR) is 90.2 cm³/mol. The zero-order valence-corrected chi connectivity index (χ0v) is 13.7. The average molecular weight is 310 g/mol. The van der Waals surface area contributed by atoms with Gasteiger partial charge in [-0.3, -0.25) is 4.79 Å². The minimum absolute atomic E-state index is 0.156. The standard InChI is InChI=1S/C20H22O3/c1-3-4-5-10-16-15-11-8-13-18(19(15)23-20(16)21)22-17-12-7-6-9-14(17)2/h6-9,11-13,16H,3-5,10H2,1-2H3. The summed E-state index contributed by atoms with van der Waals surface area (Å²) in [5.74, 6) is 1.67. The molecule has 0 fully saturated rings. The smallest absolute Gasteiger partial charge is 0.319 e. The second-order valence-electron chi connectivity index (χ2n) is 6.01. The first-order valence-electron chi connectivity index (χ1n) is 8.28. The molecular formula is C20H22O3. The number of benzene rings is 2. The third-order valence-electron chi connectivity index (χ3n) is 4.28. The molecule has 2 aromatic carbocycles. The molecule has 0 aromatic heterocycles. The fourth-order valence-corrected chi connectivity index (χ4v) is 2.96. The number of hydrogen-bond acceptors (Lipinski definition) is 3. The highest BCUT2D eigenvalue weighted by atomic mass is 16.6. The summed E-state index contributed by atoms with van der Waals surface area (Å²) in [6, 6.07) is 13.6. The second kappa shape index (κ2) is 6.86. The van der Waals surface area contributed by atoms with E-state index in [2.05, 4.69) is 6.92 Å². The molecule has 3 nitrogen and oxygen atoms in total. The Morgan fingerprint density at radius 2 is 1.83 bits per heavy atom. The van der Waals surface area contributed by atoms with E-state index in [0.29, 0.717) is 11.5 Å². The monoisotopic (exact) mass is 310 g/mol. The summed E-state index contributed by atoms with van der Waals surface area (Å²) in [6.07, 6.45) is 4.16. The first-order chi connectivity index (χ1) is 11.2. The van der Waals surface area contributed by atoms with Crippen LogP contribution >= 0.6 is 0 Å². The number of carbonyl (C=O) groups is 1. The topological polar surface area (TPSA) is 35.5 Å². The van der Waals surface area contributed by atoms with Crippen LogP contribution in [0.2, 0.25) is 0 Å². The molecule has 0 amide bonds. The van der Waals surface area contributed by atoms with Gasteiger partial charge in [-0.15, -0.1) is 0 Å². The van der Waals surface area contributed by atoms with Gasteiger partial charge in [0, 0.05) is 5.56 Å². The highest BCUT2D eigenvalue weighted by Crippen LogP contribution is 2.45. The molecule has 0 saturated carbocycles. The number of carbonyl (C=O) groups excluding carboxylic acids is 1.